The summed E-state index contributed by atoms with van der Waals surface area (Å²) in [4.78, 5) is 25.8. The number of halogens is 2. The van der Waals surface area contributed by atoms with Crippen molar-refractivity contribution in [3.05, 3.63) is 59.6 Å². The zero-order chi connectivity index (χ0) is 17.8. The van der Waals surface area contributed by atoms with Gasteiger partial charge < -0.3 is 14.6 Å². The summed E-state index contributed by atoms with van der Waals surface area (Å²) < 4.78 is 31.5. The molecule has 1 aliphatic heterocycles. The number of furan rings is 1. The second-order valence-corrected chi connectivity index (χ2v) is 6.07. The molecule has 1 atom stereocenters. The Balaban J connectivity index is 1.47. The topological polar surface area (TPSA) is 62.6 Å². The van der Waals surface area contributed by atoms with Crippen molar-refractivity contribution >= 4 is 11.8 Å². The number of nitrogens with one attached hydrogen (secondary N) is 1. The number of carbonyl (C=O) groups excluding carboxylic acids is 2. The lowest BCUT2D eigenvalue weighted by atomic mass is 10.1. The maximum atomic E-state index is 13.1. The van der Waals surface area contributed by atoms with E-state index < -0.39 is 17.6 Å². The van der Waals surface area contributed by atoms with Gasteiger partial charge >= 0.3 is 0 Å². The van der Waals surface area contributed by atoms with E-state index in [-0.39, 0.29) is 24.8 Å². The quantitative estimate of drug-likeness (QED) is 0.871. The van der Waals surface area contributed by atoms with E-state index in [2.05, 4.69) is 5.32 Å². The third-order valence-electron chi connectivity index (χ3n) is 4.15. The molecule has 1 fully saturated rings. The number of nitrogens with zero attached hydrogens (tertiary/aromatic N) is 1. The average molecular weight is 348 g/mol. The van der Waals surface area contributed by atoms with Crippen LogP contribution in [0.4, 0.5) is 8.78 Å². The van der Waals surface area contributed by atoms with E-state index in [0.29, 0.717) is 30.8 Å². The van der Waals surface area contributed by atoms with Gasteiger partial charge in [0.1, 0.15) is 17.4 Å². The molecule has 0 radical (unpaired) electrons. The smallest absolute Gasteiger partial charge is 0.225 e. The number of hydrogen-bond donors (Lipinski definition) is 1. The predicted molar refractivity (Wildman–Crippen MR) is 85.3 cm³/mol. The summed E-state index contributed by atoms with van der Waals surface area (Å²) in [5.41, 5.74) is 0.472. The van der Waals surface area contributed by atoms with E-state index in [9.17, 15) is 18.4 Å². The fourth-order valence-corrected chi connectivity index (χ4v) is 2.92. The summed E-state index contributed by atoms with van der Waals surface area (Å²) in [5.74, 6) is -1.36. The highest BCUT2D eigenvalue weighted by Gasteiger charge is 2.34. The van der Waals surface area contributed by atoms with E-state index in [1.807, 2.05) is 0 Å². The first-order valence-electron chi connectivity index (χ1n) is 8.04. The van der Waals surface area contributed by atoms with Gasteiger partial charge in [0.15, 0.2) is 0 Å². The number of carbonyl (C=O) groups is 2. The number of hydrogen-bond acceptors (Lipinski definition) is 3. The molecule has 0 aliphatic carbocycles. The summed E-state index contributed by atoms with van der Waals surface area (Å²) in [6.45, 7) is 0.933. The monoisotopic (exact) mass is 348 g/mol. The van der Waals surface area contributed by atoms with Crippen molar-refractivity contribution in [1.82, 2.24) is 10.2 Å². The molecule has 0 spiro atoms. The molecule has 1 aliphatic rings. The zero-order valence-corrected chi connectivity index (χ0v) is 13.5. The lowest BCUT2D eigenvalue weighted by molar-refractivity contribution is -0.129. The van der Waals surface area contributed by atoms with Gasteiger partial charge in [0.2, 0.25) is 11.8 Å². The van der Waals surface area contributed by atoms with Crippen LogP contribution in [0.2, 0.25) is 0 Å². The molecular weight excluding hydrogens is 330 g/mol. The van der Waals surface area contributed by atoms with Crippen molar-refractivity contribution in [2.45, 2.75) is 19.4 Å². The molecule has 0 unspecified atom stereocenters. The van der Waals surface area contributed by atoms with Crippen LogP contribution in [0.15, 0.2) is 41.0 Å². The Morgan fingerprint density at radius 2 is 2.04 bits per heavy atom. The van der Waals surface area contributed by atoms with Crippen LogP contribution in [-0.2, 0) is 22.6 Å². The van der Waals surface area contributed by atoms with Gasteiger partial charge in [0, 0.05) is 25.6 Å². The van der Waals surface area contributed by atoms with Gasteiger partial charge in [-0.3, -0.25) is 9.59 Å². The summed E-state index contributed by atoms with van der Waals surface area (Å²) in [5, 5.41) is 2.73. The molecule has 0 bridgehead atoms. The highest BCUT2D eigenvalue weighted by atomic mass is 19.1. The van der Waals surface area contributed by atoms with Gasteiger partial charge in [-0.2, -0.15) is 0 Å². The molecule has 5 nitrogen and oxygen atoms in total. The SMILES string of the molecule is O=C(NCCc1cc(F)cc(F)c1)[C@H]1CC(=O)N(Cc2ccco2)C1. The molecule has 2 aromatic rings. The van der Waals surface area contributed by atoms with Crippen LogP contribution in [0.25, 0.3) is 0 Å². The van der Waals surface area contributed by atoms with Crippen molar-refractivity contribution in [1.29, 1.82) is 0 Å². The average Bonchev–Trinajstić information content (AvgIpc) is 3.17. The maximum absolute atomic E-state index is 13.1. The Morgan fingerprint density at radius 3 is 2.72 bits per heavy atom. The van der Waals surface area contributed by atoms with Crippen molar-refractivity contribution in [3.63, 3.8) is 0 Å². The molecule has 2 heterocycles. The third-order valence-corrected chi connectivity index (χ3v) is 4.15. The molecular formula is C18H18F2N2O3. The minimum Gasteiger partial charge on any atom is -0.467 e. The van der Waals surface area contributed by atoms with Gasteiger partial charge in [0.25, 0.3) is 0 Å². The van der Waals surface area contributed by atoms with E-state index in [1.165, 1.54) is 18.4 Å². The van der Waals surface area contributed by atoms with Crippen LogP contribution >= 0.6 is 0 Å². The van der Waals surface area contributed by atoms with Crippen LogP contribution in [-0.4, -0.2) is 29.8 Å². The molecule has 0 saturated carbocycles. The number of benzene rings is 1. The van der Waals surface area contributed by atoms with E-state index in [4.69, 9.17) is 4.42 Å². The van der Waals surface area contributed by atoms with Crippen LogP contribution in [0.5, 0.6) is 0 Å². The van der Waals surface area contributed by atoms with E-state index in [1.54, 1.807) is 17.0 Å². The Hall–Kier alpha value is -2.70. The van der Waals surface area contributed by atoms with Crippen LogP contribution in [0, 0.1) is 17.6 Å². The Labute approximate surface area is 143 Å². The van der Waals surface area contributed by atoms with Gasteiger partial charge in [-0.15, -0.1) is 0 Å². The number of rotatable bonds is 6. The molecule has 25 heavy (non-hydrogen) atoms. The van der Waals surface area contributed by atoms with Crippen molar-refractivity contribution < 1.29 is 22.8 Å². The standard InChI is InChI=1S/C18H18F2N2O3/c19-14-6-12(7-15(20)9-14)3-4-21-18(24)13-8-17(23)22(10-13)11-16-2-1-5-25-16/h1-2,5-7,9,13H,3-4,8,10-11H2,(H,21,24)/t13-/m0/s1. The highest BCUT2D eigenvalue weighted by molar-refractivity contribution is 5.89. The molecule has 2 amide bonds. The lowest BCUT2D eigenvalue weighted by Crippen LogP contribution is -2.34. The fraction of sp³-hybridized carbons (Fsp3) is 0.333. The first-order chi connectivity index (χ1) is 12.0. The molecule has 1 N–H and O–H groups in total. The van der Waals surface area contributed by atoms with Gasteiger partial charge in [-0.25, -0.2) is 8.78 Å². The minimum atomic E-state index is -0.642. The summed E-state index contributed by atoms with van der Waals surface area (Å²) >= 11 is 0. The molecule has 7 heteroatoms. The Morgan fingerprint density at radius 1 is 1.28 bits per heavy atom. The molecule has 3 rings (SSSR count). The summed E-state index contributed by atoms with van der Waals surface area (Å²) in [7, 11) is 0. The Kier molecular flexibility index (Phi) is 5.11. The van der Waals surface area contributed by atoms with Crippen molar-refractivity contribution in [2.75, 3.05) is 13.1 Å². The van der Waals surface area contributed by atoms with Crippen LogP contribution < -0.4 is 5.32 Å². The van der Waals surface area contributed by atoms with Crippen LogP contribution in [0.3, 0.4) is 0 Å². The first kappa shape index (κ1) is 17.1. The normalized spacial score (nSPS) is 17.1. The lowest BCUT2D eigenvalue weighted by Gasteiger charge is -2.15. The zero-order valence-electron chi connectivity index (χ0n) is 13.5. The Bertz CT molecular complexity index is 741. The second kappa shape index (κ2) is 7.46. The molecule has 132 valence electrons. The van der Waals surface area contributed by atoms with E-state index in [0.717, 1.165) is 6.07 Å². The largest absolute Gasteiger partial charge is 0.467 e. The maximum Gasteiger partial charge on any atom is 0.225 e. The third kappa shape index (κ3) is 4.43. The molecule has 1 saturated heterocycles. The van der Waals surface area contributed by atoms with E-state index >= 15 is 0 Å². The summed E-state index contributed by atoms with van der Waals surface area (Å²) in [6.07, 6.45) is 2.01. The summed E-state index contributed by atoms with van der Waals surface area (Å²) in [6, 6.07) is 6.80. The highest BCUT2D eigenvalue weighted by Crippen LogP contribution is 2.20. The van der Waals surface area contributed by atoms with Gasteiger partial charge in [-0.1, -0.05) is 0 Å². The van der Waals surface area contributed by atoms with Crippen LogP contribution in [0.1, 0.15) is 17.7 Å². The molecule has 1 aromatic heterocycles. The van der Waals surface area contributed by atoms with Crippen molar-refractivity contribution in [2.24, 2.45) is 5.92 Å². The first-order valence-corrected chi connectivity index (χ1v) is 8.04. The minimum absolute atomic E-state index is 0.0937. The molecule has 1 aromatic carbocycles. The predicted octanol–water partition coefficient (Wildman–Crippen LogP) is 2.27. The number of likely N-dealkylation sites (tertiary alicyclic amines) is 1. The van der Waals surface area contributed by atoms with Crippen molar-refractivity contribution in [3.8, 4) is 0 Å². The number of amides is 2. The van der Waals surface area contributed by atoms with Gasteiger partial charge in [0.05, 0.1) is 18.7 Å². The van der Waals surface area contributed by atoms with Gasteiger partial charge in [-0.05, 0) is 36.2 Å². The second-order valence-electron chi connectivity index (χ2n) is 6.07. The fourth-order valence-electron chi connectivity index (χ4n) is 2.92.